The molecule has 0 fully saturated rings. The van der Waals surface area contributed by atoms with Crippen molar-refractivity contribution in [2.24, 2.45) is 17.8 Å². The zero-order valence-electron chi connectivity index (χ0n) is 47.7. The topological polar surface area (TPSA) is 168 Å². The Morgan fingerprint density at radius 3 is 1.91 bits per heavy atom. The van der Waals surface area contributed by atoms with Gasteiger partial charge in [0.25, 0.3) is 5.91 Å². The first-order valence-electron chi connectivity index (χ1n) is 27.0. The lowest BCUT2D eigenvalue weighted by Crippen LogP contribution is -2.50. The van der Waals surface area contributed by atoms with Crippen molar-refractivity contribution >= 4 is 24.2 Å². The van der Waals surface area contributed by atoms with E-state index in [0.717, 1.165) is 39.1 Å². The minimum absolute atomic E-state index is 0.0335. The Morgan fingerprint density at radius 2 is 1.33 bits per heavy atom. The van der Waals surface area contributed by atoms with Crippen molar-refractivity contribution < 1.29 is 52.3 Å². The monoisotopic (exact) mass is 1070 g/mol. The molecule has 0 aliphatic rings. The largest absolute Gasteiger partial charge is 0.449 e. The highest BCUT2D eigenvalue weighted by Gasteiger charge is 2.30. The Hall–Kier alpha value is -6.68. The number of ether oxygens (including phenoxy) is 6. The van der Waals surface area contributed by atoms with Gasteiger partial charge >= 0.3 is 12.2 Å². The second-order valence-corrected chi connectivity index (χ2v) is 20.3. The minimum Gasteiger partial charge on any atom is -0.449 e. The van der Waals surface area contributed by atoms with Crippen LogP contribution in [-0.2, 0) is 53.0 Å². The molecule has 3 amide bonds. The van der Waals surface area contributed by atoms with Crippen LogP contribution in [-0.4, -0.2) is 83.5 Å². The third-order valence-corrected chi connectivity index (χ3v) is 12.8. The molecule has 4 rings (SSSR count). The molecule has 0 radical (unpaired) electrons. The third-order valence-electron chi connectivity index (χ3n) is 12.8. The Labute approximate surface area is 463 Å². The van der Waals surface area contributed by atoms with E-state index in [0.29, 0.717) is 63.0 Å². The van der Waals surface area contributed by atoms with Crippen molar-refractivity contribution in [3.8, 4) is 0 Å². The molecule has 0 spiro atoms. The molecule has 78 heavy (non-hydrogen) atoms. The maximum Gasteiger partial charge on any atom is 0.436 e. The molecule has 422 valence electrons. The van der Waals surface area contributed by atoms with Gasteiger partial charge in [-0.25, -0.2) is 20.0 Å². The van der Waals surface area contributed by atoms with Gasteiger partial charge < -0.3 is 37.9 Å². The first kappa shape index (κ1) is 63.8. The van der Waals surface area contributed by atoms with E-state index in [1.807, 2.05) is 162 Å². The van der Waals surface area contributed by atoms with Crippen LogP contribution in [0.3, 0.4) is 0 Å². The summed E-state index contributed by atoms with van der Waals surface area (Å²) in [5.41, 5.74) is 9.03. The van der Waals surface area contributed by atoms with Gasteiger partial charge in [-0.1, -0.05) is 147 Å². The summed E-state index contributed by atoms with van der Waals surface area (Å²) < 4.78 is 41.3. The molecule has 0 unspecified atom stereocenters. The summed E-state index contributed by atoms with van der Waals surface area (Å²) >= 11 is 0. The summed E-state index contributed by atoms with van der Waals surface area (Å²) in [6, 6.07) is 30.0. The molecule has 7 atom stereocenters. The molecule has 0 bridgehead atoms. The lowest BCUT2D eigenvalue weighted by atomic mass is 9.88. The summed E-state index contributed by atoms with van der Waals surface area (Å²) in [5, 5.41) is 12.4. The number of imide groups is 1. The number of aliphatic hydroxyl groups is 1. The molecule has 0 aliphatic heterocycles. The van der Waals surface area contributed by atoms with E-state index in [1.165, 1.54) is 6.08 Å². The Bertz CT molecular complexity index is 2570. The molecule has 3 aromatic carbocycles. The third kappa shape index (κ3) is 24.3. The minimum atomic E-state index is -1.03. The highest BCUT2D eigenvalue weighted by Crippen LogP contribution is 2.28. The van der Waals surface area contributed by atoms with Gasteiger partial charge in [-0.3, -0.25) is 4.79 Å². The molecular weight excluding hydrogens is 987 g/mol. The van der Waals surface area contributed by atoms with E-state index in [2.05, 4.69) is 23.4 Å². The Morgan fingerprint density at radius 1 is 0.744 bits per heavy atom. The van der Waals surface area contributed by atoms with E-state index in [4.69, 9.17) is 32.8 Å². The van der Waals surface area contributed by atoms with Gasteiger partial charge in [0.1, 0.15) is 12.0 Å². The fourth-order valence-electron chi connectivity index (χ4n) is 8.49. The maximum absolute atomic E-state index is 13.5. The standard InChI is InChI=1S/C64H85N3O11/c1-45(2)77-63(70)66-67(64(71)78-46(3)4)61(69)35-23-34-53(36-37-73-41-54-28-15-12-16-29-54)39-59(75-42-55-30-17-13-18-31-55)48(6)25-22-26-49(7)60(76-43-56-32-19-14-20-33-56)40-58(68)51(9)62(72-11)50(8)27-21-24-47(5)38-57-44-74-52(10)65-57/h12-33,35,38,44-46,48,51,53,58-60,62,68H,34,36-37,39-43H2,1-11H3,(H,66,70)/b24-21+,25-22+,35-23+,47-38+,49-26+,50-27+/t48-,51+,53+,58-,59-,60+,62+/m1/s1. The number of carbonyl (C=O) groups excluding carboxylic acids is 3. The van der Waals surface area contributed by atoms with Crippen molar-refractivity contribution in [1.82, 2.24) is 15.4 Å². The van der Waals surface area contributed by atoms with Crippen molar-refractivity contribution in [1.29, 1.82) is 0 Å². The fourth-order valence-corrected chi connectivity index (χ4v) is 8.49. The zero-order valence-corrected chi connectivity index (χ0v) is 47.7. The molecule has 2 N–H and O–H groups in total. The second-order valence-electron chi connectivity index (χ2n) is 20.3. The Kier molecular flexibility index (Phi) is 28.6. The number of aromatic nitrogens is 1. The predicted octanol–water partition coefficient (Wildman–Crippen LogP) is 13.6. The van der Waals surface area contributed by atoms with Gasteiger partial charge in [-0.15, -0.1) is 5.01 Å². The van der Waals surface area contributed by atoms with Crippen LogP contribution in [0.5, 0.6) is 0 Å². The van der Waals surface area contributed by atoms with Crippen LogP contribution in [0.1, 0.15) is 116 Å². The average Bonchev–Trinajstić information content (AvgIpc) is 3.82. The lowest BCUT2D eigenvalue weighted by molar-refractivity contribution is -0.127. The van der Waals surface area contributed by atoms with E-state index in [-0.39, 0.29) is 30.0 Å². The van der Waals surface area contributed by atoms with Gasteiger partial charge in [-0.05, 0) is 113 Å². The number of hydrogen-bond donors (Lipinski definition) is 2. The van der Waals surface area contributed by atoms with Crippen molar-refractivity contribution in [2.75, 3.05) is 13.7 Å². The number of benzene rings is 3. The van der Waals surface area contributed by atoms with Crippen LogP contribution < -0.4 is 5.43 Å². The summed E-state index contributed by atoms with van der Waals surface area (Å²) in [4.78, 5) is 43.4. The molecule has 14 heteroatoms. The molecule has 14 nitrogen and oxygen atoms in total. The average molecular weight is 1070 g/mol. The number of carbonyl (C=O) groups is 3. The van der Waals surface area contributed by atoms with E-state index >= 15 is 0 Å². The van der Waals surface area contributed by atoms with E-state index in [1.54, 1.807) is 47.1 Å². The molecule has 0 aliphatic carbocycles. The summed E-state index contributed by atoms with van der Waals surface area (Å²) in [7, 11) is 1.67. The number of nitrogens with zero attached hydrogens (tertiary/aromatic N) is 2. The molecular formula is C64H85N3O11. The quantitative estimate of drug-likeness (QED) is 0.0212. The molecule has 0 saturated heterocycles. The smallest absolute Gasteiger partial charge is 0.436 e. The molecule has 4 aromatic rings. The van der Waals surface area contributed by atoms with E-state index in [9.17, 15) is 19.5 Å². The summed E-state index contributed by atoms with van der Waals surface area (Å²) in [6.07, 6.45) is 15.9. The number of aliphatic hydroxyl groups excluding tert-OH is 1. The number of rotatable bonds is 31. The number of methoxy groups -OCH3 is 1. The van der Waals surface area contributed by atoms with Gasteiger partial charge in [0.05, 0.1) is 56.4 Å². The molecule has 1 aromatic heterocycles. The number of allylic oxidation sites excluding steroid dienone is 7. The van der Waals surface area contributed by atoms with Crippen LogP contribution in [0.2, 0.25) is 0 Å². The highest BCUT2D eigenvalue weighted by molar-refractivity contribution is 5.99. The summed E-state index contributed by atoms with van der Waals surface area (Å²) in [5.74, 6) is -0.564. The van der Waals surface area contributed by atoms with Gasteiger partial charge in [0.2, 0.25) is 0 Å². The number of oxazole rings is 1. The Balaban J connectivity index is 1.57. The molecule has 1 heterocycles. The van der Waals surface area contributed by atoms with Crippen LogP contribution >= 0.6 is 0 Å². The number of nitrogens with one attached hydrogen (secondary N) is 1. The van der Waals surface area contributed by atoms with Crippen molar-refractivity contribution in [3.63, 3.8) is 0 Å². The number of hydrazine groups is 1. The first-order valence-corrected chi connectivity index (χ1v) is 27.0. The molecule has 0 saturated carbocycles. The van der Waals surface area contributed by atoms with Crippen molar-refractivity contribution in [2.45, 2.75) is 151 Å². The predicted molar refractivity (Wildman–Crippen MR) is 306 cm³/mol. The van der Waals surface area contributed by atoms with Crippen molar-refractivity contribution in [3.05, 3.63) is 191 Å². The van der Waals surface area contributed by atoms with Gasteiger partial charge in [-0.2, -0.15) is 0 Å². The lowest BCUT2D eigenvalue weighted by Gasteiger charge is -2.30. The van der Waals surface area contributed by atoms with E-state index < -0.39 is 42.5 Å². The number of amides is 3. The summed E-state index contributed by atoms with van der Waals surface area (Å²) in [6.45, 7) is 20.2. The fraction of sp³-hybridized carbons (Fsp3) is 0.438. The van der Waals surface area contributed by atoms with Gasteiger partial charge in [0.15, 0.2) is 5.89 Å². The normalized spacial score (nSPS) is 15.4. The van der Waals surface area contributed by atoms with Gasteiger partial charge in [0, 0.05) is 45.0 Å². The maximum atomic E-state index is 13.5. The van der Waals surface area contributed by atoms with Crippen LogP contribution in [0, 0.1) is 24.7 Å². The van der Waals surface area contributed by atoms with Crippen LogP contribution in [0.4, 0.5) is 9.59 Å². The number of aryl methyl sites for hydroxylation is 1. The zero-order chi connectivity index (χ0) is 56.8. The van der Waals surface area contributed by atoms with Crippen LogP contribution in [0.15, 0.2) is 167 Å². The SMILES string of the molecule is CO[C@@H](/C(C)=C/C=C/C(C)=C/c1coc(C)n1)[C@@H](C)[C@H](O)C[C@H](OCc1ccccc1)/C(C)=C/C=C/[C@@H](C)[C@@H](C[C@@H](C/C=C/C(=O)N(NC(=O)OC(C)C)C(=O)OC(C)C)CCOCc1ccccc1)OCc1ccccc1. The second kappa shape index (κ2) is 35.0. The first-order chi connectivity index (χ1) is 37.4. The highest BCUT2D eigenvalue weighted by atomic mass is 16.6. The number of hydrogen-bond acceptors (Lipinski definition) is 12. The van der Waals surface area contributed by atoms with Crippen LogP contribution in [0.25, 0.3) is 6.08 Å².